The topological polar surface area (TPSA) is 64.8 Å². The number of methoxy groups -OCH3 is 2. The van der Waals surface area contributed by atoms with Crippen LogP contribution in [-0.2, 0) is 16.0 Å². The zero-order valence-corrected chi connectivity index (χ0v) is 14.1. The number of hydrogen-bond acceptors (Lipinski definition) is 5. The molecule has 0 bridgehead atoms. The van der Waals surface area contributed by atoms with Gasteiger partial charge in [0.05, 0.1) is 22.6 Å². The van der Waals surface area contributed by atoms with Crippen LogP contribution in [0.4, 0.5) is 5.69 Å². The van der Waals surface area contributed by atoms with E-state index >= 15 is 0 Å². The number of nitro groups is 1. The monoisotopic (exact) mass is 360 g/mol. The van der Waals surface area contributed by atoms with Crippen LogP contribution in [0.1, 0.15) is 12.5 Å². The van der Waals surface area contributed by atoms with Gasteiger partial charge in [0.2, 0.25) is 0 Å². The highest BCUT2D eigenvalue weighted by Crippen LogP contribution is 2.29. The average molecular weight is 361 g/mol. The Bertz CT molecular complexity index is 470. The maximum atomic E-state index is 11.0. The third-order valence-electron chi connectivity index (χ3n) is 3.24. The molecule has 118 valence electrons. The van der Waals surface area contributed by atoms with Crippen molar-refractivity contribution in [1.82, 2.24) is 4.90 Å². The number of halogens is 1. The van der Waals surface area contributed by atoms with Gasteiger partial charge in [0.1, 0.15) is 0 Å². The molecule has 0 N–H and O–H groups in total. The zero-order valence-electron chi connectivity index (χ0n) is 12.5. The zero-order chi connectivity index (χ0) is 15.8. The first-order chi connectivity index (χ1) is 10.0. The summed E-state index contributed by atoms with van der Waals surface area (Å²) in [5, 5.41) is 11.0. The predicted octanol–water partition coefficient (Wildman–Crippen LogP) is 2.84. The van der Waals surface area contributed by atoms with Crippen LogP contribution in [0, 0.1) is 10.1 Å². The molecule has 7 heteroatoms. The van der Waals surface area contributed by atoms with Gasteiger partial charge in [0.15, 0.2) is 0 Å². The maximum absolute atomic E-state index is 11.0. The third kappa shape index (κ3) is 5.35. The first-order valence-corrected chi connectivity index (χ1v) is 7.44. The van der Waals surface area contributed by atoms with E-state index in [9.17, 15) is 10.1 Å². The molecule has 1 unspecified atom stereocenters. The molecule has 21 heavy (non-hydrogen) atoms. The van der Waals surface area contributed by atoms with Crippen molar-refractivity contribution in [2.24, 2.45) is 0 Å². The normalized spacial score (nSPS) is 12.6. The van der Waals surface area contributed by atoms with Gasteiger partial charge < -0.3 is 9.47 Å². The fourth-order valence-electron chi connectivity index (χ4n) is 2.06. The number of hydrogen-bond donors (Lipinski definition) is 0. The van der Waals surface area contributed by atoms with E-state index in [1.807, 2.05) is 6.07 Å². The van der Waals surface area contributed by atoms with E-state index in [-0.39, 0.29) is 16.7 Å². The van der Waals surface area contributed by atoms with Crippen LogP contribution in [0.3, 0.4) is 0 Å². The van der Waals surface area contributed by atoms with E-state index in [0.29, 0.717) is 24.2 Å². The lowest BCUT2D eigenvalue weighted by molar-refractivity contribution is -0.385. The molecule has 0 aliphatic heterocycles. The van der Waals surface area contributed by atoms with Crippen molar-refractivity contribution < 1.29 is 14.4 Å². The SMILES string of the molecule is COCCN(Cc1cccc([N+](=O)[O-])c1Br)C(C)COC. The van der Waals surface area contributed by atoms with E-state index in [2.05, 4.69) is 27.8 Å². The second-order valence-electron chi connectivity index (χ2n) is 4.77. The van der Waals surface area contributed by atoms with Gasteiger partial charge >= 0.3 is 0 Å². The fourth-order valence-corrected chi connectivity index (χ4v) is 2.59. The summed E-state index contributed by atoms with van der Waals surface area (Å²) in [7, 11) is 3.32. The summed E-state index contributed by atoms with van der Waals surface area (Å²) < 4.78 is 10.8. The van der Waals surface area contributed by atoms with E-state index < -0.39 is 0 Å². The molecule has 0 spiro atoms. The van der Waals surface area contributed by atoms with Crippen LogP contribution >= 0.6 is 15.9 Å². The van der Waals surface area contributed by atoms with Crippen LogP contribution in [-0.4, -0.2) is 49.8 Å². The van der Waals surface area contributed by atoms with Crippen LogP contribution in [0.2, 0.25) is 0 Å². The van der Waals surface area contributed by atoms with Gasteiger partial charge in [-0.3, -0.25) is 15.0 Å². The highest BCUT2D eigenvalue weighted by Gasteiger charge is 2.19. The van der Waals surface area contributed by atoms with Gasteiger partial charge in [0, 0.05) is 39.4 Å². The van der Waals surface area contributed by atoms with Gasteiger partial charge in [-0.15, -0.1) is 0 Å². The molecular formula is C14H21BrN2O4. The summed E-state index contributed by atoms with van der Waals surface area (Å²) in [6, 6.07) is 5.27. The van der Waals surface area contributed by atoms with E-state index in [0.717, 1.165) is 12.1 Å². The molecule has 0 saturated carbocycles. The van der Waals surface area contributed by atoms with Crippen molar-refractivity contribution in [3.8, 4) is 0 Å². The average Bonchev–Trinajstić information content (AvgIpc) is 2.44. The minimum atomic E-state index is -0.383. The smallest absolute Gasteiger partial charge is 0.283 e. The Kier molecular flexibility index (Phi) is 7.81. The van der Waals surface area contributed by atoms with E-state index in [1.54, 1.807) is 20.3 Å². The lowest BCUT2D eigenvalue weighted by Gasteiger charge is -2.28. The Morgan fingerprint density at radius 2 is 2.10 bits per heavy atom. The first kappa shape index (κ1) is 18.0. The van der Waals surface area contributed by atoms with Gasteiger partial charge in [-0.05, 0) is 28.4 Å². The molecule has 0 saturated heterocycles. The summed E-state index contributed by atoms with van der Waals surface area (Å²) in [6.07, 6.45) is 0. The molecule has 0 amide bonds. The molecule has 0 heterocycles. The number of nitrogens with zero attached hydrogens (tertiary/aromatic N) is 2. The molecule has 0 fully saturated rings. The van der Waals surface area contributed by atoms with E-state index in [1.165, 1.54) is 6.07 Å². The van der Waals surface area contributed by atoms with Crippen LogP contribution in [0.25, 0.3) is 0 Å². The molecular weight excluding hydrogens is 340 g/mol. The standard InChI is InChI=1S/C14H21BrN2O4/c1-11(10-21-3)16(7-8-20-2)9-12-5-4-6-13(14(12)15)17(18)19/h4-6,11H,7-10H2,1-3H3. The quantitative estimate of drug-likeness (QED) is 0.500. The van der Waals surface area contributed by atoms with Crippen LogP contribution < -0.4 is 0 Å². The largest absolute Gasteiger partial charge is 0.383 e. The number of nitro benzene ring substituents is 1. The summed E-state index contributed by atoms with van der Waals surface area (Å²) >= 11 is 3.34. The molecule has 0 radical (unpaired) electrons. The highest BCUT2D eigenvalue weighted by atomic mass is 79.9. The van der Waals surface area contributed by atoms with Gasteiger partial charge in [-0.2, -0.15) is 0 Å². The molecule has 0 aliphatic carbocycles. The number of rotatable bonds is 9. The Morgan fingerprint density at radius 3 is 2.67 bits per heavy atom. The van der Waals surface area contributed by atoms with Gasteiger partial charge in [-0.1, -0.05) is 12.1 Å². The summed E-state index contributed by atoms with van der Waals surface area (Å²) in [5.41, 5.74) is 0.960. The van der Waals surface area contributed by atoms with Crippen LogP contribution in [0.5, 0.6) is 0 Å². The summed E-state index contributed by atoms with van der Waals surface area (Å²) in [5.74, 6) is 0. The summed E-state index contributed by atoms with van der Waals surface area (Å²) in [6.45, 7) is 4.58. The number of ether oxygens (including phenoxy) is 2. The Hall–Kier alpha value is -1.02. The van der Waals surface area contributed by atoms with Crippen molar-refractivity contribution in [3.05, 3.63) is 38.3 Å². The minimum absolute atomic E-state index is 0.0820. The Labute approximate surface area is 133 Å². The molecule has 6 nitrogen and oxygen atoms in total. The summed E-state index contributed by atoms with van der Waals surface area (Å²) in [4.78, 5) is 12.8. The molecule has 1 aromatic carbocycles. The first-order valence-electron chi connectivity index (χ1n) is 6.65. The molecule has 1 aromatic rings. The Morgan fingerprint density at radius 1 is 1.38 bits per heavy atom. The lowest BCUT2D eigenvalue weighted by atomic mass is 10.1. The van der Waals surface area contributed by atoms with Crippen LogP contribution in [0.15, 0.2) is 22.7 Å². The highest BCUT2D eigenvalue weighted by molar-refractivity contribution is 9.10. The van der Waals surface area contributed by atoms with E-state index in [4.69, 9.17) is 9.47 Å². The molecule has 1 rings (SSSR count). The second-order valence-corrected chi connectivity index (χ2v) is 5.57. The van der Waals surface area contributed by atoms with Crippen molar-refractivity contribution >= 4 is 21.6 Å². The van der Waals surface area contributed by atoms with Crippen molar-refractivity contribution in [2.75, 3.05) is 34.0 Å². The minimum Gasteiger partial charge on any atom is -0.383 e. The maximum Gasteiger partial charge on any atom is 0.283 e. The van der Waals surface area contributed by atoms with Crippen molar-refractivity contribution in [3.63, 3.8) is 0 Å². The van der Waals surface area contributed by atoms with Gasteiger partial charge in [-0.25, -0.2) is 0 Å². The fraction of sp³-hybridized carbons (Fsp3) is 0.571. The molecule has 0 aliphatic rings. The number of benzene rings is 1. The van der Waals surface area contributed by atoms with Crippen molar-refractivity contribution in [2.45, 2.75) is 19.5 Å². The second kappa shape index (κ2) is 9.09. The lowest BCUT2D eigenvalue weighted by Crippen LogP contribution is -2.38. The Balaban J connectivity index is 2.92. The molecule has 0 aromatic heterocycles. The third-order valence-corrected chi connectivity index (χ3v) is 4.16. The van der Waals surface area contributed by atoms with Gasteiger partial charge in [0.25, 0.3) is 5.69 Å². The predicted molar refractivity (Wildman–Crippen MR) is 84.4 cm³/mol. The van der Waals surface area contributed by atoms with Crippen molar-refractivity contribution in [1.29, 1.82) is 0 Å². The molecule has 1 atom stereocenters.